The third-order valence-electron chi connectivity index (χ3n) is 4.34. The average molecular weight is 307 g/mol. The lowest BCUT2D eigenvalue weighted by Gasteiger charge is -2.27. The van der Waals surface area contributed by atoms with Crippen LogP contribution in [0.5, 0.6) is 0 Å². The number of ether oxygens (including phenoxy) is 1. The van der Waals surface area contributed by atoms with Gasteiger partial charge in [-0.05, 0) is 62.9 Å². The monoisotopic (exact) mass is 307 g/mol. The number of hydrogen-bond acceptors (Lipinski definition) is 4. The number of carbonyl (C=O) groups is 1. The van der Waals surface area contributed by atoms with Crippen molar-refractivity contribution >= 4 is 17.7 Å². The first-order valence-electron chi connectivity index (χ1n) is 7.58. The molecule has 2 rings (SSSR count). The van der Waals surface area contributed by atoms with E-state index in [0.717, 1.165) is 25.8 Å². The molecule has 0 amide bonds. The van der Waals surface area contributed by atoms with Crippen LogP contribution in [-0.2, 0) is 9.53 Å². The van der Waals surface area contributed by atoms with E-state index in [1.807, 2.05) is 18.7 Å². The fraction of sp³-hybridized carbons (Fsp3) is 0.588. The van der Waals surface area contributed by atoms with Crippen molar-refractivity contribution in [2.75, 3.05) is 13.7 Å². The average Bonchev–Trinajstić information content (AvgIpc) is 2.87. The van der Waals surface area contributed by atoms with Gasteiger partial charge < -0.3 is 10.1 Å². The van der Waals surface area contributed by atoms with Gasteiger partial charge >= 0.3 is 5.97 Å². The fourth-order valence-corrected chi connectivity index (χ4v) is 4.41. The molecule has 4 heteroatoms. The van der Waals surface area contributed by atoms with Crippen molar-refractivity contribution in [2.24, 2.45) is 0 Å². The van der Waals surface area contributed by atoms with Gasteiger partial charge in [-0.2, -0.15) is 0 Å². The van der Waals surface area contributed by atoms with Crippen molar-refractivity contribution in [3.05, 3.63) is 29.3 Å². The third kappa shape index (κ3) is 3.61. The highest BCUT2D eigenvalue weighted by Crippen LogP contribution is 2.41. The van der Waals surface area contributed by atoms with Crippen LogP contribution in [0.1, 0.15) is 37.3 Å². The van der Waals surface area contributed by atoms with Crippen LogP contribution in [0.25, 0.3) is 0 Å². The Bertz CT molecular complexity index is 518. The van der Waals surface area contributed by atoms with Crippen LogP contribution >= 0.6 is 11.8 Å². The molecule has 0 bridgehead atoms. The van der Waals surface area contributed by atoms with Gasteiger partial charge in [-0.3, -0.25) is 4.79 Å². The zero-order valence-electron chi connectivity index (χ0n) is 13.4. The Hall–Kier alpha value is -1.00. The number of esters is 1. The summed E-state index contributed by atoms with van der Waals surface area (Å²) >= 11 is 1.88. The standard InChI is InChI=1S/C17H25NO2S/c1-5-18-17(16(19)20-4)9-8-15(11-17)21-14-7-6-12(2)13(3)10-14/h6-7,10,15,18H,5,8-9,11H2,1-4H3. The first-order chi connectivity index (χ1) is 10.0. The van der Waals surface area contributed by atoms with Crippen LogP contribution in [0.2, 0.25) is 0 Å². The molecule has 1 N–H and O–H groups in total. The van der Waals surface area contributed by atoms with Gasteiger partial charge in [0, 0.05) is 10.1 Å². The van der Waals surface area contributed by atoms with Crippen LogP contribution in [0, 0.1) is 13.8 Å². The number of nitrogens with one attached hydrogen (secondary N) is 1. The van der Waals surface area contributed by atoms with Gasteiger partial charge in [0.15, 0.2) is 0 Å². The first kappa shape index (κ1) is 16.4. The zero-order valence-corrected chi connectivity index (χ0v) is 14.2. The predicted octanol–water partition coefficient (Wildman–Crippen LogP) is 3.47. The molecule has 1 saturated carbocycles. The van der Waals surface area contributed by atoms with Gasteiger partial charge in [0.25, 0.3) is 0 Å². The molecule has 2 atom stereocenters. The van der Waals surface area contributed by atoms with Gasteiger partial charge in [-0.1, -0.05) is 13.0 Å². The molecule has 1 aromatic carbocycles. The minimum absolute atomic E-state index is 0.118. The van der Waals surface area contributed by atoms with Crippen LogP contribution in [0.3, 0.4) is 0 Å². The maximum Gasteiger partial charge on any atom is 0.326 e. The highest BCUT2D eigenvalue weighted by molar-refractivity contribution is 8.00. The summed E-state index contributed by atoms with van der Waals surface area (Å²) in [5, 5.41) is 3.82. The summed E-state index contributed by atoms with van der Waals surface area (Å²) in [7, 11) is 1.48. The largest absolute Gasteiger partial charge is 0.468 e. The number of thioether (sulfide) groups is 1. The van der Waals surface area contributed by atoms with Crippen molar-refractivity contribution < 1.29 is 9.53 Å². The Kier molecular flexibility index (Phi) is 5.33. The van der Waals surface area contributed by atoms with E-state index in [1.165, 1.54) is 23.1 Å². The molecule has 0 radical (unpaired) electrons. The van der Waals surface area contributed by atoms with Crippen molar-refractivity contribution in [2.45, 2.75) is 55.7 Å². The number of methoxy groups -OCH3 is 1. The number of carbonyl (C=O) groups excluding carboxylic acids is 1. The maximum atomic E-state index is 12.1. The van der Waals surface area contributed by atoms with Gasteiger partial charge in [-0.25, -0.2) is 0 Å². The summed E-state index contributed by atoms with van der Waals surface area (Å²) in [4.78, 5) is 13.4. The number of aryl methyl sites for hydroxylation is 2. The van der Waals surface area contributed by atoms with Gasteiger partial charge in [-0.15, -0.1) is 11.8 Å². The minimum Gasteiger partial charge on any atom is -0.468 e. The van der Waals surface area contributed by atoms with E-state index in [0.29, 0.717) is 5.25 Å². The van der Waals surface area contributed by atoms with Crippen molar-refractivity contribution in [1.82, 2.24) is 5.32 Å². The summed E-state index contributed by atoms with van der Waals surface area (Å²) in [6.07, 6.45) is 2.74. The summed E-state index contributed by atoms with van der Waals surface area (Å²) in [6, 6.07) is 6.59. The lowest BCUT2D eigenvalue weighted by molar-refractivity contribution is -0.148. The second-order valence-corrected chi connectivity index (χ2v) is 7.21. The van der Waals surface area contributed by atoms with E-state index >= 15 is 0 Å². The molecule has 0 heterocycles. The lowest BCUT2D eigenvalue weighted by atomic mass is 9.98. The van der Waals surface area contributed by atoms with E-state index in [-0.39, 0.29) is 5.97 Å². The Morgan fingerprint density at radius 2 is 2.19 bits per heavy atom. The van der Waals surface area contributed by atoms with Gasteiger partial charge in [0.1, 0.15) is 5.54 Å². The molecular formula is C17H25NO2S. The molecule has 1 aromatic rings. The van der Waals surface area contributed by atoms with Crippen molar-refractivity contribution in [1.29, 1.82) is 0 Å². The van der Waals surface area contributed by atoms with E-state index in [9.17, 15) is 4.79 Å². The van der Waals surface area contributed by atoms with Gasteiger partial charge in [0.05, 0.1) is 7.11 Å². The molecule has 0 aliphatic heterocycles. The van der Waals surface area contributed by atoms with E-state index in [4.69, 9.17) is 4.74 Å². The second kappa shape index (κ2) is 6.84. The molecule has 116 valence electrons. The summed E-state index contributed by atoms with van der Waals surface area (Å²) in [5.41, 5.74) is 2.16. The topological polar surface area (TPSA) is 38.3 Å². The SMILES string of the molecule is CCNC1(C(=O)OC)CCC(Sc2ccc(C)c(C)c2)C1. The molecule has 0 saturated heterocycles. The normalized spacial score (nSPS) is 25.0. The quantitative estimate of drug-likeness (QED) is 0.845. The Morgan fingerprint density at radius 3 is 2.81 bits per heavy atom. The highest BCUT2D eigenvalue weighted by atomic mass is 32.2. The van der Waals surface area contributed by atoms with E-state index in [2.05, 4.69) is 37.4 Å². The summed E-state index contributed by atoms with van der Waals surface area (Å²) in [5.74, 6) is -0.118. The van der Waals surface area contributed by atoms with E-state index < -0.39 is 5.54 Å². The molecule has 1 fully saturated rings. The smallest absolute Gasteiger partial charge is 0.326 e. The van der Waals surface area contributed by atoms with E-state index in [1.54, 1.807) is 0 Å². The van der Waals surface area contributed by atoms with Crippen LogP contribution in [-0.4, -0.2) is 30.4 Å². The first-order valence-corrected chi connectivity index (χ1v) is 8.46. The Balaban J connectivity index is 2.06. The summed E-state index contributed by atoms with van der Waals surface area (Å²) in [6.45, 7) is 7.10. The zero-order chi connectivity index (χ0) is 15.5. The Morgan fingerprint density at radius 1 is 1.43 bits per heavy atom. The molecule has 0 aromatic heterocycles. The molecular weight excluding hydrogens is 282 g/mol. The maximum absolute atomic E-state index is 12.1. The van der Waals surface area contributed by atoms with Crippen molar-refractivity contribution in [3.63, 3.8) is 0 Å². The molecule has 1 aliphatic carbocycles. The third-order valence-corrected chi connectivity index (χ3v) is 5.60. The summed E-state index contributed by atoms with van der Waals surface area (Å²) < 4.78 is 5.01. The predicted molar refractivity (Wildman–Crippen MR) is 87.8 cm³/mol. The van der Waals surface area contributed by atoms with Crippen molar-refractivity contribution in [3.8, 4) is 0 Å². The molecule has 3 nitrogen and oxygen atoms in total. The number of rotatable bonds is 5. The molecule has 21 heavy (non-hydrogen) atoms. The Labute approximate surface area is 131 Å². The minimum atomic E-state index is -0.485. The number of hydrogen-bond donors (Lipinski definition) is 1. The number of likely N-dealkylation sites (N-methyl/N-ethyl adjacent to an activating group) is 1. The number of benzene rings is 1. The fourth-order valence-electron chi connectivity index (χ4n) is 3.03. The molecule has 1 aliphatic rings. The van der Waals surface area contributed by atoms with Crippen LogP contribution in [0.15, 0.2) is 23.1 Å². The highest BCUT2D eigenvalue weighted by Gasteiger charge is 2.45. The van der Waals surface area contributed by atoms with Crippen LogP contribution < -0.4 is 5.32 Å². The molecule has 2 unspecified atom stereocenters. The lowest BCUT2D eigenvalue weighted by Crippen LogP contribution is -2.50. The van der Waals surface area contributed by atoms with Gasteiger partial charge in [0.2, 0.25) is 0 Å². The second-order valence-electron chi connectivity index (χ2n) is 5.83. The molecule has 0 spiro atoms. The van der Waals surface area contributed by atoms with Crippen LogP contribution in [0.4, 0.5) is 0 Å².